The Hall–Kier alpha value is -3.79. The number of allylic oxidation sites excluding steroid dienone is 1. The summed E-state index contributed by atoms with van der Waals surface area (Å²) in [5.41, 5.74) is 3.02. The van der Waals surface area contributed by atoms with E-state index in [0.717, 1.165) is 42.5 Å². The van der Waals surface area contributed by atoms with Crippen LogP contribution in [0.3, 0.4) is 0 Å². The molecule has 0 radical (unpaired) electrons. The molecule has 0 N–H and O–H groups in total. The lowest BCUT2D eigenvalue weighted by molar-refractivity contribution is -0.132. The van der Waals surface area contributed by atoms with Crippen molar-refractivity contribution in [3.63, 3.8) is 0 Å². The maximum Gasteiger partial charge on any atom is 0.260 e. The largest absolute Gasteiger partial charge is 0.493 e. The molecule has 0 aliphatic carbocycles. The van der Waals surface area contributed by atoms with Crippen molar-refractivity contribution < 1.29 is 14.3 Å². The number of aryl methyl sites for hydroxylation is 1. The number of rotatable bonds is 6. The van der Waals surface area contributed by atoms with E-state index in [0.29, 0.717) is 22.9 Å². The van der Waals surface area contributed by atoms with Gasteiger partial charge in [-0.05, 0) is 48.7 Å². The molecular weight excluding hydrogens is 392 g/mol. The molecule has 7 heteroatoms. The highest BCUT2D eigenvalue weighted by Gasteiger charge is 2.19. The van der Waals surface area contributed by atoms with Gasteiger partial charge in [0.05, 0.1) is 23.7 Å². The zero-order valence-electron chi connectivity index (χ0n) is 17.7. The zero-order valence-corrected chi connectivity index (χ0v) is 17.7. The number of nitriles is 1. The van der Waals surface area contributed by atoms with Crippen LogP contribution in [0.5, 0.6) is 11.5 Å². The topological polar surface area (TPSA) is 80.4 Å². The van der Waals surface area contributed by atoms with Crippen LogP contribution in [0.15, 0.2) is 42.5 Å². The number of carbonyl (C=O) groups is 1. The smallest absolute Gasteiger partial charge is 0.260 e. The molecule has 1 aliphatic heterocycles. The van der Waals surface area contributed by atoms with Crippen LogP contribution in [-0.2, 0) is 11.8 Å². The Kier molecular flexibility index (Phi) is 5.89. The van der Waals surface area contributed by atoms with Gasteiger partial charge in [-0.25, -0.2) is 4.98 Å². The number of carbonyl (C=O) groups excluding carboxylic acids is 1. The summed E-state index contributed by atoms with van der Waals surface area (Å²) in [4.78, 5) is 18.7. The van der Waals surface area contributed by atoms with Crippen LogP contribution in [-0.4, -0.2) is 47.2 Å². The van der Waals surface area contributed by atoms with Crippen molar-refractivity contribution in [2.75, 3.05) is 26.8 Å². The molecule has 1 fully saturated rings. The van der Waals surface area contributed by atoms with Crippen LogP contribution in [0.2, 0.25) is 0 Å². The lowest BCUT2D eigenvalue weighted by Crippen LogP contribution is -2.32. The van der Waals surface area contributed by atoms with E-state index in [4.69, 9.17) is 9.47 Å². The quantitative estimate of drug-likeness (QED) is 0.573. The Morgan fingerprint density at radius 1 is 1.19 bits per heavy atom. The second-order valence-corrected chi connectivity index (χ2v) is 7.44. The van der Waals surface area contributed by atoms with Crippen molar-refractivity contribution in [1.29, 1.82) is 5.26 Å². The average molecular weight is 416 g/mol. The Morgan fingerprint density at radius 3 is 2.68 bits per heavy atom. The number of amides is 1. The van der Waals surface area contributed by atoms with Gasteiger partial charge in [-0.3, -0.25) is 4.79 Å². The first-order valence-corrected chi connectivity index (χ1v) is 10.2. The van der Waals surface area contributed by atoms with Gasteiger partial charge in [-0.1, -0.05) is 18.2 Å². The maximum absolute atomic E-state index is 12.2. The lowest BCUT2D eigenvalue weighted by atomic mass is 10.1. The molecule has 1 amide bonds. The van der Waals surface area contributed by atoms with E-state index in [1.54, 1.807) is 25.3 Å². The second-order valence-electron chi connectivity index (χ2n) is 7.44. The number of benzene rings is 2. The van der Waals surface area contributed by atoms with Crippen LogP contribution in [0, 0.1) is 11.3 Å². The molecule has 7 nitrogen and oxygen atoms in total. The number of para-hydroxylation sites is 2. The van der Waals surface area contributed by atoms with Crippen LogP contribution in [0.25, 0.3) is 22.7 Å². The molecule has 1 aromatic heterocycles. The van der Waals surface area contributed by atoms with Crippen LogP contribution >= 0.6 is 0 Å². The molecule has 3 aromatic rings. The molecule has 1 saturated heterocycles. The van der Waals surface area contributed by atoms with Crippen LogP contribution in [0.4, 0.5) is 0 Å². The van der Waals surface area contributed by atoms with E-state index in [1.807, 2.05) is 46.8 Å². The number of hydrogen-bond donors (Lipinski definition) is 0. The van der Waals surface area contributed by atoms with Crippen molar-refractivity contribution in [2.24, 2.45) is 7.05 Å². The maximum atomic E-state index is 12.2. The van der Waals surface area contributed by atoms with Gasteiger partial charge in [0, 0.05) is 20.1 Å². The van der Waals surface area contributed by atoms with E-state index in [-0.39, 0.29) is 12.5 Å². The first-order chi connectivity index (χ1) is 15.1. The van der Waals surface area contributed by atoms with Gasteiger partial charge < -0.3 is 18.9 Å². The summed E-state index contributed by atoms with van der Waals surface area (Å²) in [5.74, 6) is 1.58. The van der Waals surface area contributed by atoms with Gasteiger partial charge in [0.1, 0.15) is 6.07 Å². The molecule has 31 heavy (non-hydrogen) atoms. The number of aromatic nitrogens is 2. The van der Waals surface area contributed by atoms with Gasteiger partial charge in [-0.15, -0.1) is 0 Å². The summed E-state index contributed by atoms with van der Waals surface area (Å²) < 4.78 is 13.1. The lowest BCUT2D eigenvalue weighted by Gasteiger charge is -2.16. The third kappa shape index (κ3) is 4.24. The molecule has 0 spiro atoms. The summed E-state index contributed by atoms with van der Waals surface area (Å²) in [6, 6.07) is 15.4. The number of nitrogens with zero attached hydrogens (tertiary/aromatic N) is 4. The predicted octanol–water partition coefficient (Wildman–Crippen LogP) is 3.65. The van der Waals surface area contributed by atoms with Gasteiger partial charge in [0.15, 0.2) is 23.9 Å². The number of hydrogen-bond acceptors (Lipinski definition) is 5. The third-order valence-electron chi connectivity index (χ3n) is 5.46. The number of ether oxygens (including phenoxy) is 2. The molecule has 2 aromatic carbocycles. The van der Waals surface area contributed by atoms with E-state index in [9.17, 15) is 10.1 Å². The van der Waals surface area contributed by atoms with Gasteiger partial charge in [-0.2, -0.15) is 5.26 Å². The average Bonchev–Trinajstić information content (AvgIpc) is 3.45. The Morgan fingerprint density at radius 2 is 1.97 bits per heavy atom. The van der Waals surface area contributed by atoms with Crippen molar-refractivity contribution in [3.05, 3.63) is 53.9 Å². The zero-order chi connectivity index (χ0) is 21.8. The highest BCUT2D eigenvalue weighted by atomic mass is 16.5. The fraction of sp³-hybridized carbons (Fsp3) is 0.292. The number of fused-ring (bicyclic) bond motifs is 1. The second kappa shape index (κ2) is 8.92. The monoisotopic (exact) mass is 416 g/mol. The van der Waals surface area contributed by atoms with Gasteiger partial charge >= 0.3 is 0 Å². The minimum atomic E-state index is -0.0190. The standard InChI is InChI=1S/C24H24N4O3/c1-27-20-8-4-3-7-19(20)26-24(27)18(15-25)13-17-9-10-21(22(14-17)30-2)31-16-23(29)28-11-5-6-12-28/h3-4,7-10,13-14H,5-6,11-12,16H2,1-2H3. The Bertz CT molecular complexity index is 1180. The van der Waals surface area contributed by atoms with Crippen molar-refractivity contribution in [3.8, 4) is 17.6 Å². The Labute approximate surface area is 181 Å². The van der Waals surface area contributed by atoms with E-state index in [2.05, 4.69) is 11.1 Å². The molecule has 0 unspecified atom stereocenters. The highest BCUT2D eigenvalue weighted by molar-refractivity contribution is 5.91. The van der Waals surface area contributed by atoms with Crippen LogP contribution in [0.1, 0.15) is 24.2 Å². The first-order valence-electron chi connectivity index (χ1n) is 10.2. The fourth-order valence-corrected chi connectivity index (χ4v) is 3.79. The van der Waals surface area contributed by atoms with Crippen molar-refractivity contribution in [2.45, 2.75) is 12.8 Å². The van der Waals surface area contributed by atoms with Crippen LogP contribution < -0.4 is 9.47 Å². The van der Waals surface area contributed by atoms with Gasteiger partial charge in [0.25, 0.3) is 5.91 Å². The normalized spacial score (nSPS) is 14.0. The SMILES string of the molecule is COc1cc(C=C(C#N)c2nc3ccccc3n2C)ccc1OCC(=O)N1CCCC1. The predicted molar refractivity (Wildman–Crippen MR) is 119 cm³/mol. The minimum absolute atomic E-state index is 0.0165. The minimum Gasteiger partial charge on any atom is -0.493 e. The number of likely N-dealkylation sites (tertiary alicyclic amines) is 1. The number of methoxy groups -OCH3 is 1. The molecule has 0 saturated carbocycles. The Balaban J connectivity index is 1.57. The van der Waals surface area contributed by atoms with Gasteiger partial charge in [0.2, 0.25) is 0 Å². The highest BCUT2D eigenvalue weighted by Crippen LogP contribution is 2.30. The summed E-state index contributed by atoms with van der Waals surface area (Å²) in [6.07, 6.45) is 3.86. The van der Waals surface area contributed by atoms with E-state index >= 15 is 0 Å². The molecular formula is C24H24N4O3. The fourth-order valence-electron chi connectivity index (χ4n) is 3.79. The van der Waals surface area contributed by atoms with Crippen molar-refractivity contribution >= 4 is 28.6 Å². The summed E-state index contributed by atoms with van der Waals surface area (Å²) in [7, 11) is 3.44. The molecule has 4 rings (SSSR count). The molecule has 0 atom stereocenters. The summed E-state index contributed by atoms with van der Waals surface area (Å²) >= 11 is 0. The molecule has 158 valence electrons. The first kappa shape index (κ1) is 20.5. The molecule has 2 heterocycles. The third-order valence-corrected chi connectivity index (χ3v) is 5.46. The molecule has 1 aliphatic rings. The molecule has 0 bridgehead atoms. The van der Waals surface area contributed by atoms with E-state index in [1.165, 1.54) is 0 Å². The summed E-state index contributed by atoms with van der Waals surface area (Å²) in [5, 5.41) is 9.75. The number of imidazole rings is 1. The summed E-state index contributed by atoms with van der Waals surface area (Å²) in [6.45, 7) is 1.57. The van der Waals surface area contributed by atoms with Crippen molar-refractivity contribution in [1.82, 2.24) is 14.5 Å². The van der Waals surface area contributed by atoms with E-state index < -0.39 is 0 Å².